The number of carbonyl (C=O) groups excluding carboxylic acids is 1. The second kappa shape index (κ2) is 5.71. The Morgan fingerprint density at radius 2 is 2.32 bits per heavy atom. The minimum absolute atomic E-state index is 0.0726. The van der Waals surface area contributed by atoms with Gasteiger partial charge < -0.3 is 16.3 Å². The van der Waals surface area contributed by atoms with Gasteiger partial charge in [-0.25, -0.2) is 0 Å². The number of carbonyl (C=O) groups is 1. The Bertz CT molecular complexity index is 621. The molecule has 0 bridgehead atoms. The largest absolute Gasteiger partial charge is 0.409 e. The van der Waals surface area contributed by atoms with Crippen molar-refractivity contribution >= 4 is 38.9 Å². The molecule has 19 heavy (non-hydrogen) atoms. The van der Waals surface area contributed by atoms with Gasteiger partial charge in [0.05, 0.1) is 5.92 Å². The van der Waals surface area contributed by atoms with E-state index in [1.165, 1.54) is 4.70 Å². The molecule has 1 unspecified atom stereocenters. The molecule has 0 fully saturated rings. The Morgan fingerprint density at radius 1 is 1.53 bits per heavy atom. The maximum Gasteiger partial charge on any atom is 0.235 e. The van der Waals surface area contributed by atoms with Crippen LogP contribution in [0.3, 0.4) is 0 Å². The number of oxime groups is 1. The summed E-state index contributed by atoms with van der Waals surface area (Å²) in [6, 6.07) is 7.70. The van der Waals surface area contributed by atoms with Crippen molar-refractivity contribution in [3.8, 4) is 0 Å². The number of fused-ring (bicyclic) bond motifs is 1. The van der Waals surface area contributed by atoms with E-state index in [9.17, 15) is 4.79 Å². The van der Waals surface area contributed by atoms with E-state index in [0.717, 1.165) is 5.39 Å². The number of anilines is 1. The third-order valence-corrected chi connectivity index (χ3v) is 3.82. The minimum atomic E-state index is -0.622. The molecule has 0 saturated heterocycles. The van der Waals surface area contributed by atoms with Crippen molar-refractivity contribution in [2.45, 2.75) is 13.3 Å². The predicted molar refractivity (Wildman–Crippen MR) is 77.6 cm³/mol. The summed E-state index contributed by atoms with van der Waals surface area (Å²) < 4.78 is 1.17. The van der Waals surface area contributed by atoms with Crippen molar-refractivity contribution in [2.75, 3.05) is 5.32 Å². The fourth-order valence-electron chi connectivity index (χ4n) is 1.87. The summed E-state index contributed by atoms with van der Waals surface area (Å²) in [5, 5.41) is 17.4. The molecule has 100 valence electrons. The monoisotopic (exact) mass is 277 g/mol. The molecule has 0 aliphatic heterocycles. The Morgan fingerprint density at radius 3 is 3.00 bits per heavy atom. The highest BCUT2D eigenvalue weighted by Crippen LogP contribution is 2.24. The Balaban J connectivity index is 2.17. The summed E-state index contributed by atoms with van der Waals surface area (Å²) in [5.74, 6) is -0.966. The predicted octanol–water partition coefficient (Wildman–Crippen LogP) is 2.61. The standard InChI is InChI=1S/C13H15N3O2S/c1-2-10(12(14)16-18)13(17)15-9-3-4-11-8(7-9)5-6-19-11/h3-7,10,18H,2H2,1H3,(H2,14,16)(H,15,17). The van der Waals surface area contributed by atoms with Gasteiger partial charge in [-0.15, -0.1) is 11.3 Å². The van der Waals surface area contributed by atoms with Crippen LogP contribution in [-0.4, -0.2) is 17.0 Å². The molecule has 1 atom stereocenters. The van der Waals surface area contributed by atoms with Gasteiger partial charge >= 0.3 is 0 Å². The fourth-order valence-corrected chi connectivity index (χ4v) is 2.64. The van der Waals surface area contributed by atoms with Crippen LogP contribution in [0.1, 0.15) is 13.3 Å². The summed E-state index contributed by atoms with van der Waals surface area (Å²) in [6.07, 6.45) is 0.475. The minimum Gasteiger partial charge on any atom is -0.409 e. The van der Waals surface area contributed by atoms with Gasteiger partial charge in [-0.1, -0.05) is 12.1 Å². The molecule has 5 nitrogen and oxygen atoms in total. The van der Waals surface area contributed by atoms with Crippen molar-refractivity contribution in [3.63, 3.8) is 0 Å². The van der Waals surface area contributed by atoms with E-state index in [1.807, 2.05) is 36.6 Å². The number of nitrogens with zero attached hydrogens (tertiary/aromatic N) is 1. The lowest BCUT2D eigenvalue weighted by molar-refractivity contribution is -0.118. The number of rotatable bonds is 4. The molecule has 0 radical (unpaired) electrons. The third kappa shape index (κ3) is 2.85. The van der Waals surface area contributed by atoms with Crippen molar-refractivity contribution in [3.05, 3.63) is 29.6 Å². The van der Waals surface area contributed by atoms with Crippen LogP contribution in [0.15, 0.2) is 34.8 Å². The number of hydrogen-bond donors (Lipinski definition) is 3. The molecule has 1 amide bonds. The first-order valence-electron chi connectivity index (χ1n) is 5.91. The quantitative estimate of drug-likeness (QED) is 0.347. The van der Waals surface area contributed by atoms with Crippen LogP contribution in [0.5, 0.6) is 0 Å². The Labute approximate surface area is 114 Å². The molecule has 0 aliphatic carbocycles. The molecule has 6 heteroatoms. The van der Waals surface area contributed by atoms with Crippen LogP contribution >= 0.6 is 11.3 Å². The normalized spacial score (nSPS) is 13.4. The van der Waals surface area contributed by atoms with Gasteiger partial charge in [0, 0.05) is 10.4 Å². The summed E-state index contributed by atoms with van der Waals surface area (Å²) >= 11 is 1.65. The Hall–Kier alpha value is -2.08. The number of amidine groups is 1. The number of hydrogen-bond acceptors (Lipinski definition) is 4. The van der Waals surface area contributed by atoms with Crippen LogP contribution in [-0.2, 0) is 4.79 Å². The van der Waals surface area contributed by atoms with E-state index in [1.54, 1.807) is 11.3 Å². The number of nitrogens with two attached hydrogens (primary N) is 1. The molecule has 4 N–H and O–H groups in total. The van der Waals surface area contributed by atoms with E-state index < -0.39 is 5.92 Å². The summed E-state index contributed by atoms with van der Waals surface area (Å²) in [5.41, 5.74) is 6.21. The molecule has 0 saturated carbocycles. The van der Waals surface area contributed by atoms with Gasteiger partial charge in [-0.3, -0.25) is 4.79 Å². The van der Waals surface area contributed by atoms with E-state index in [-0.39, 0.29) is 11.7 Å². The van der Waals surface area contributed by atoms with Gasteiger partial charge in [0.1, 0.15) is 0 Å². The van der Waals surface area contributed by atoms with Gasteiger partial charge in [-0.2, -0.15) is 0 Å². The van der Waals surface area contributed by atoms with Crippen LogP contribution in [0.25, 0.3) is 10.1 Å². The molecule has 1 aromatic carbocycles. The maximum atomic E-state index is 12.0. The van der Waals surface area contributed by atoms with Crippen LogP contribution in [0.2, 0.25) is 0 Å². The SMILES string of the molecule is CCC(C(=O)Nc1ccc2sccc2c1)C(N)=NO. The zero-order valence-electron chi connectivity index (χ0n) is 10.5. The van der Waals surface area contributed by atoms with E-state index in [0.29, 0.717) is 12.1 Å². The Kier molecular flexibility index (Phi) is 4.01. The topological polar surface area (TPSA) is 87.7 Å². The lowest BCUT2D eigenvalue weighted by Gasteiger charge is -2.13. The summed E-state index contributed by atoms with van der Waals surface area (Å²) in [6.45, 7) is 1.81. The highest BCUT2D eigenvalue weighted by atomic mass is 32.1. The first kappa shape index (κ1) is 13.4. The first-order valence-corrected chi connectivity index (χ1v) is 6.79. The zero-order chi connectivity index (χ0) is 13.8. The van der Waals surface area contributed by atoms with E-state index in [4.69, 9.17) is 10.9 Å². The molecular formula is C13H15N3O2S. The third-order valence-electron chi connectivity index (χ3n) is 2.92. The smallest absolute Gasteiger partial charge is 0.235 e. The van der Waals surface area contributed by atoms with Crippen molar-refractivity contribution < 1.29 is 10.0 Å². The van der Waals surface area contributed by atoms with E-state index in [2.05, 4.69) is 10.5 Å². The second-order valence-corrected chi connectivity index (χ2v) is 5.10. The second-order valence-electron chi connectivity index (χ2n) is 4.15. The summed E-state index contributed by atoms with van der Waals surface area (Å²) in [7, 11) is 0. The van der Waals surface area contributed by atoms with E-state index >= 15 is 0 Å². The van der Waals surface area contributed by atoms with Gasteiger partial charge in [0.15, 0.2) is 5.84 Å². The highest BCUT2D eigenvalue weighted by Gasteiger charge is 2.21. The van der Waals surface area contributed by atoms with Crippen molar-refractivity contribution in [1.29, 1.82) is 0 Å². The average molecular weight is 277 g/mol. The average Bonchev–Trinajstić information content (AvgIpc) is 2.86. The maximum absolute atomic E-state index is 12.0. The molecule has 1 aromatic heterocycles. The molecule has 1 heterocycles. The van der Waals surface area contributed by atoms with Crippen LogP contribution in [0.4, 0.5) is 5.69 Å². The lowest BCUT2D eigenvalue weighted by atomic mass is 10.0. The number of benzene rings is 1. The highest BCUT2D eigenvalue weighted by molar-refractivity contribution is 7.17. The van der Waals surface area contributed by atoms with Crippen LogP contribution < -0.4 is 11.1 Å². The molecule has 2 rings (SSSR count). The molecule has 0 aliphatic rings. The zero-order valence-corrected chi connectivity index (χ0v) is 11.3. The first-order chi connectivity index (χ1) is 9.15. The van der Waals surface area contributed by atoms with Gasteiger partial charge in [0.2, 0.25) is 5.91 Å². The number of thiophene rings is 1. The van der Waals surface area contributed by atoms with Crippen LogP contribution in [0, 0.1) is 5.92 Å². The van der Waals surface area contributed by atoms with Crippen molar-refractivity contribution in [1.82, 2.24) is 0 Å². The lowest BCUT2D eigenvalue weighted by Crippen LogP contribution is -2.34. The number of nitrogens with one attached hydrogen (secondary N) is 1. The fraction of sp³-hybridized carbons (Fsp3) is 0.231. The number of amides is 1. The summed E-state index contributed by atoms with van der Waals surface area (Å²) in [4.78, 5) is 12.0. The van der Waals surface area contributed by atoms with Crippen molar-refractivity contribution in [2.24, 2.45) is 16.8 Å². The van der Waals surface area contributed by atoms with Gasteiger partial charge in [0.25, 0.3) is 0 Å². The van der Waals surface area contributed by atoms with Gasteiger partial charge in [-0.05, 0) is 41.5 Å². The molecular weight excluding hydrogens is 262 g/mol. The molecule has 0 spiro atoms. The molecule has 2 aromatic rings.